The van der Waals surface area contributed by atoms with Crippen molar-refractivity contribution in [3.8, 4) is 11.5 Å². The smallest absolute Gasteiger partial charge is 0.251 e. The molecule has 3 aliphatic rings. The summed E-state index contributed by atoms with van der Waals surface area (Å²) < 4.78 is 5.76. The highest BCUT2D eigenvalue weighted by Gasteiger charge is 2.34. The maximum atomic E-state index is 12.5. The summed E-state index contributed by atoms with van der Waals surface area (Å²) in [4.78, 5) is 14.9. The van der Waals surface area contributed by atoms with E-state index in [9.17, 15) is 4.79 Å². The molecule has 4 heteroatoms. The molecule has 1 amide bonds. The monoisotopic (exact) mass is 322 g/mol. The molecule has 2 aromatic rings. The molecule has 24 heavy (non-hydrogen) atoms. The van der Waals surface area contributed by atoms with E-state index in [-0.39, 0.29) is 5.91 Å². The number of nitrogens with one attached hydrogen (secondary N) is 1. The molecule has 0 saturated carbocycles. The summed E-state index contributed by atoms with van der Waals surface area (Å²) in [6.45, 7) is 3.36. The molecule has 4 nitrogen and oxygen atoms in total. The van der Waals surface area contributed by atoms with E-state index in [2.05, 4.69) is 10.2 Å². The van der Waals surface area contributed by atoms with Crippen LogP contribution >= 0.6 is 0 Å². The van der Waals surface area contributed by atoms with Gasteiger partial charge in [0.2, 0.25) is 0 Å². The summed E-state index contributed by atoms with van der Waals surface area (Å²) in [5.41, 5.74) is 0.687. The van der Waals surface area contributed by atoms with Gasteiger partial charge in [-0.15, -0.1) is 0 Å². The van der Waals surface area contributed by atoms with Crippen LogP contribution in [0.5, 0.6) is 11.5 Å². The molecule has 3 aliphatic heterocycles. The number of rotatable bonds is 4. The van der Waals surface area contributed by atoms with Crippen LogP contribution < -0.4 is 10.1 Å². The summed E-state index contributed by atoms with van der Waals surface area (Å²) in [6.07, 6.45) is 2.41. The zero-order valence-electron chi connectivity index (χ0n) is 13.7. The van der Waals surface area contributed by atoms with Crippen LogP contribution in [0.2, 0.25) is 0 Å². The van der Waals surface area contributed by atoms with E-state index in [0.717, 1.165) is 18.0 Å². The number of amides is 1. The Morgan fingerprint density at radius 2 is 1.62 bits per heavy atom. The molecule has 0 unspecified atom stereocenters. The molecule has 2 aromatic carbocycles. The van der Waals surface area contributed by atoms with E-state index in [0.29, 0.717) is 17.5 Å². The van der Waals surface area contributed by atoms with E-state index in [1.807, 2.05) is 54.6 Å². The number of nitrogens with zero attached hydrogens (tertiary/aromatic N) is 1. The number of para-hydroxylation sites is 1. The molecule has 3 fully saturated rings. The average Bonchev–Trinajstić information content (AvgIpc) is 2.64. The Labute approximate surface area is 142 Å². The van der Waals surface area contributed by atoms with Crippen molar-refractivity contribution in [3.05, 3.63) is 60.2 Å². The number of hydrogen-bond donors (Lipinski definition) is 1. The second-order valence-corrected chi connectivity index (χ2v) is 6.66. The van der Waals surface area contributed by atoms with Gasteiger partial charge in [-0.25, -0.2) is 0 Å². The molecule has 3 heterocycles. The van der Waals surface area contributed by atoms with Crippen LogP contribution in [0.3, 0.4) is 0 Å². The fourth-order valence-electron chi connectivity index (χ4n) is 3.68. The number of ether oxygens (including phenoxy) is 1. The van der Waals surface area contributed by atoms with Gasteiger partial charge in [0.1, 0.15) is 11.5 Å². The summed E-state index contributed by atoms with van der Waals surface area (Å²) in [6, 6.07) is 17.3. The first kappa shape index (κ1) is 15.2. The second kappa shape index (κ2) is 6.65. The molecule has 124 valence electrons. The third kappa shape index (κ3) is 3.29. The third-order valence-electron chi connectivity index (χ3n) is 5.07. The predicted octanol–water partition coefficient (Wildman–Crippen LogP) is 3.30. The first-order valence-electron chi connectivity index (χ1n) is 8.64. The number of piperidine rings is 3. The first-order valence-corrected chi connectivity index (χ1v) is 8.64. The zero-order chi connectivity index (χ0) is 16.4. The number of carbonyl (C=O) groups is 1. The Hall–Kier alpha value is -2.33. The molecular weight excluding hydrogens is 300 g/mol. The molecule has 0 aromatic heterocycles. The fourth-order valence-corrected chi connectivity index (χ4v) is 3.68. The molecule has 1 N–H and O–H groups in total. The number of carbonyl (C=O) groups excluding carboxylic acids is 1. The molecule has 0 aliphatic carbocycles. The molecule has 2 bridgehead atoms. The standard InChI is InChI=1S/C20H22N2O2/c23-20(21-19-14-22-12-10-15(19)11-13-22)16-6-8-18(9-7-16)24-17-4-2-1-3-5-17/h1-9,15,19H,10-14H2,(H,21,23)/t19-/m1/s1. The highest BCUT2D eigenvalue weighted by molar-refractivity contribution is 5.94. The fraction of sp³-hybridized carbons (Fsp3) is 0.350. The van der Waals surface area contributed by atoms with Gasteiger partial charge in [-0.3, -0.25) is 4.79 Å². The summed E-state index contributed by atoms with van der Waals surface area (Å²) in [5, 5.41) is 3.21. The normalized spacial score (nSPS) is 25.2. The Morgan fingerprint density at radius 3 is 2.25 bits per heavy atom. The maximum Gasteiger partial charge on any atom is 0.251 e. The number of hydrogen-bond acceptors (Lipinski definition) is 3. The van der Waals surface area contributed by atoms with Crippen molar-refractivity contribution in [1.82, 2.24) is 10.2 Å². The van der Waals surface area contributed by atoms with Crippen molar-refractivity contribution >= 4 is 5.91 Å². The predicted molar refractivity (Wildman–Crippen MR) is 93.4 cm³/mol. The van der Waals surface area contributed by atoms with Crippen LogP contribution in [0.1, 0.15) is 23.2 Å². The largest absolute Gasteiger partial charge is 0.457 e. The topological polar surface area (TPSA) is 41.6 Å². The van der Waals surface area contributed by atoms with Crippen LogP contribution in [0.25, 0.3) is 0 Å². The number of benzene rings is 2. The minimum absolute atomic E-state index is 0.0139. The van der Waals surface area contributed by atoms with Gasteiger partial charge in [0, 0.05) is 18.2 Å². The minimum atomic E-state index is 0.0139. The highest BCUT2D eigenvalue weighted by atomic mass is 16.5. The Bertz CT molecular complexity index is 691. The van der Waals surface area contributed by atoms with E-state index in [1.54, 1.807) is 0 Å². The van der Waals surface area contributed by atoms with Crippen molar-refractivity contribution in [3.63, 3.8) is 0 Å². The molecule has 0 spiro atoms. The summed E-state index contributed by atoms with van der Waals surface area (Å²) in [5.74, 6) is 2.18. The van der Waals surface area contributed by atoms with Gasteiger partial charge in [-0.05, 0) is 68.2 Å². The van der Waals surface area contributed by atoms with Crippen molar-refractivity contribution in [2.45, 2.75) is 18.9 Å². The van der Waals surface area contributed by atoms with Crippen LogP contribution in [-0.2, 0) is 0 Å². The summed E-state index contributed by atoms with van der Waals surface area (Å²) in [7, 11) is 0. The van der Waals surface area contributed by atoms with Gasteiger partial charge < -0.3 is 15.0 Å². The van der Waals surface area contributed by atoms with E-state index >= 15 is 0 Å². The zero-order valence-corrected chi connectivity index (χ0v) is 13.7. The molecule has 3 saturated heterocycles. The van der Waals surface area contributed by atoms with Gasteiger partial charge in [-0.1, -0.05) is 18.2 Å². The van der Waals surface area contributed by atoms with Gasteiger partial charge in [0.15, 0.2) is 0 Å². The molecular formula is C20H22N2O2. The highest BCUT2D eigenvalue weighted by Crippen LogP contribution is 2.28. The lowest BCUT2D eigenvalue weighted by Crippen LogP contribution is -2.57. The van der Waals surface area contributed by atoms with Crippen molar-refractivity contribution < 1.29 is 9.53 Å². The lowest BCUT2D eigenvalue weighted by molar-refractivity contribution is 0.0620. The minimum Gasteiger partial charge on any atom is -0.457 e. The van der Waals surface area contributed by atoms with E-state index in [1.165, 1.54) is 25.9 Å². The van der Waals surface area contributed by atoms with Crippen molar-refractivity contribution in [2.75, 3.05) is 19.6 Å². The maximum absolute atomic E-state index is 12.5. The second-order valence-electron chi connectivity index (χ2n) is 6.66. The molecule has 5 rings (SSSR count). The third-order valence-corrected chi connectivity index (χ3v) is 5.07. The lowest BCUT2D eigenvalue weighted by Gasteiger charge is -2.44. The summed E-state index contributed by atoms with van der Waals surface area (Å²) >= 11 is 0. The molecule has 1 atom stereocenters. The van der Waals surface area contributed by atoms with Gasteiger partial charge in [-0.2, -0.15) is 0 Å². The Balaban J connectivity index is 1.38. The SMILES string of the molecule is O=C(N[C@@H]1CN2CCC1CC2)c1ccc(Oc2ccccc2)cc1. The van der Waals surface area contributed by atoms with Gasteiger partial charge in [0.05, 0.1) is 0 Å². The van der Waals surface area contributed by atoms with Crippen molar-refractivity contribution in [2.24, 2.45) is 5.92 Å². The quantitative estimate of drug-likeness (QED) is 0.939. The van der Waals surface area contributed by atoms with Gasteiger partial charge >= 0.3 is 0 Å². The first-order chi connectivity index (χ1) is 11.8. The lowest BCUT2D eigenvalue weighted by atomic mass is 9.84. The van der Waals surface area contributed by atoms with Crippen LogP contribution in [0.4, 0.5) is 0 Å². The average molecular weight is 322 g/mol. The Kier molecular flexibility index (Phi) is 4.22. The van der Waals surface area contributed by atoms with E-state index in [4.69, 9.17) is 4.74 Å². The van der Waals surface area contributed by atoms with E-state index < -0.39 is 0 Å². The Morgan fingerprint density at radius 1 is 0.958 bits per heavy atom. The van der Waals surface area contributed by atoms with Gasteiger partial charge in [0.25, 0.3) is 5.91 Å². The van der Waals surface area contributed by atoms with Crippen LogP contribution in [0.15, 0.2) is 54.6 Å². The van der Waals surface area contributed by atoms with Crippen LogP contribution in [0, 0.1) is 5.92 Å². The van der Waals surface area contributed by atoms with Crippen LogP contribution in [-0.4, -0.2) is 36.5 Å². The molecule has 0 radical (unpaired) electrons. The van der Waals surface area contributed by atoms with Crippen molar-refractivity contribution in [1.29, 1.82) is 0 Å². The number of fused-ring (bicyclic) bond motifs is 3.